The minimum absolute atomic E-state index is 0.205. The van der Waals surface area contributed by atoms with E-state index in [-0.39, 0.29) is 12.5 Å². The van der Waals surface area contributed by atoms with Crippen molar-refractivity contribution in [1.29, 1.82) is 0 Å². The number of carbonyl (C=O) groups excluding carboxylic acids is 2. The Kier molecular flexibility index (Phi) is 5.95. The fourth-order valence-electron chi connectivity index (χ4n) is 2.33. The summed E-state index contributed by atoms with van der Waals surface area (Å²) in [6.45, 7) is 5.92. The van der Waals surface area contributed by atoms with Crippen molar-refractivity contribution in [3.05, 3.63) is 64.7 Å². The van der Waals surface area contributed by atoms with Gasteiger partial charge in [0.1, 0.15) is 5.75 Å². The van der Waals surface area contributed by atoms with Gasteiger partial charge in [-0.05, 0) is 61.2 Å². The van der Waals surface area contributed by atoms with E-state index in [0.29, 0.717) is 11.4 Å². The van der Waals surface area contributed by atoms with E-state index in [4.69, 9.17) is 10.5 Å². The molecule has 5 heteroatoms. The molecule has 5 nitrogen and oxygen atoms in total. The van der Waals surface area contributed by atoms with Crippen molar-refractivity contribution in [3.63, 3.8) is 0 Å². The standard InChI is InChI=1S/C20H22N2O3/c1-13-9-15(3)16(10-14(13)2)7-8-20(24)22-17-5-4-6-18(11-17)25-12-19(21)23/h4-11H,12H2,1-3H3,(H2,21,23)(H,22,24)/b8-7+. The van der Waals surface area contributed by atoms with Crippen LogP contribution >= 0.6 is 0 Å². The lowest BCUT2D eigenvalue weighted by atomic mass is 10.0. The third-order valence-electron chi connectivity index (χ3n) is 3.78. The van der Waals surface area contributed by atoms with Crippen LogP contribution in [0.25, 0.3) is 6.08 Å². The Morgan fingerprint density at radius 2 is 1.80 bits per heavy atom. The van der Waals surface area contributed by atoms with Crippen LogP contribution in [-0.2, 0) is 9.59 Å². The topological polar surface area (TPSA) is 81.4 Å². The van der Waals surface area contributed by atoms with Crippen LogP contribution in [0.15, 0.2) is 42.5 Å². The first-order valence-corrected chi connectivity index (χ1v) is 7.93. The summed E-state index contributed by atoms with van der Waals surface area (Å²) in [5.41, 5.74) is 10.2. The van der Waals surface area contributed by atoms with Gasteiger partial charge in [0, 0.05) is 17.8 Å². The van der Waals surface area contributed by atoms with E-state index in [0.717, 1.165) is 11.1 Å². The second-order valence-electron chi connectivity index (χ2n) is 5.90. The molecule has 3 N–H and O–H groups in total. The monoisotopic (exact) mass is 338 g/mol. The van der Waals surface area contributed by atoms with E-state index in [2.05, 4.69) is 24.4 Å². The number of aryl methyl sites for hydroxylation is 3. The van der Waals surface area contributed by atoms with Crippen molar-refractivity contribution in [2.24, 2.45) is 5.73 Å². The van der Waals surface area contributed by atoms with E-state index in [9.17, 15) is 9.59 Å². The number of carbonyl (C=O) groups is 2. The summed E-state index contributed by atoms with van der Waals surface area (Å²) in [5.74, 6) is -0.337. The highest BCUT2D eigenvalue weighted by Gasteiger charge is 2.03. The molecule has 130 valence electrons. The summed E-state index contributed by atoms with van der Waals surface area (Å²) in [4.78, 5) is 22.9. The molecule has 0 bridgehead atoms. The molecule has 0 spiro atoms. The molecule has 0 saturated heterocycles. The van der Waals surface area contributed by atoms with Crippen molar-refractivity contribution in [3.8, 4) is 5.75 Å². The summed E-state index contributed by atoms with van der Waals surface area (Å²) in [5, 5.41) is 2.76. The second kappa shape index (κ2) is 8.15. The number of nitrogens with two attached hydrogens (primary N) is 1. The summed E-state index contributed by atoms with van der Waals surface area (Å²) in [7, 11) is 0. The zero-order valence-electron chi connectivity index (χ0n) is 14.6. The van der Waals surface area contributed by atoms with Gasteiger partial charge in [0.05, 0.1) is 0 Å². The molecule has 0 unspecified atom stereocenters. The Balaban J connectivity index is 2.04. The highest BCUT2D eigenvalue weighted by Crippen LogP contribution is 2.18. The first-order valence-electron chi connectivity index (χ1n) is 7.93. The van der Waals surface area contributed by atoms with E-state index in [1.54, 1.807) is 30.3 Å². The first-order chi connectivity index (χ1) is 11.8. The Bertz CT molecular complexity index is 826. The van der Waals surface area contributed by atoms with E-state index < -0.39 is 5.91 Å². The molecule has 0 radical (unpaired) electrons. The number of rotatable bonds is 6. The molecular formula is C20H22N2O3. The van der Waals surface area contributed by atoms with Gasteiger partial charge in [-0.3, -0.25) is 9.59 Å². The molecule has 0 fully saturated rings. The molecule has 0 aliphatic heterocycles. The molecule has 0 saturated carbocycles. The number of hydrogen-bond acceptors (Lipinski definition) is 3. The normalized spacial score (nSPS) is 10.7. The maximum atomic E-state index is 12.1. The average molecular weight is 338 g/mol. The molecule has 0 aromatic heterocycles. The molecule has 0 heterocycles. The van der Waals surface area contributed by atoms with E-state index >= 15 is 0 Å². The van der Waals surface area contributed by atoms with Crippen LogP contribution in [0.3, 0.4) is 0 Å². The van der Waals surface area contributed by atoms with Gasteiger partial charge < -0.3 is 15.8 Å². The van der Waals surface area contributed by atoms with Crippen molar-refractivity contribution in [2.75, 3.05) is 11.9 Å². The lowest BCUT2D eigenvalue weighted by molar-refractivity contribution is -0.120. The molecule has 0 aliphatic carbocycles. The van der Waals surface area contributed by atoms with Gasteiger partial charge in [-0.25, -0.2) is 0 Å². The lowest BCUT2D eigenvalue weighted by Gasteiger charge is -2.07. The minimum Gasteiger partial charge on any atom is -0.484 e. The molecular weight excluding hydrogens is 316 g/mol. The summed E-state index contributed by atoms with van der Waals surface area (Å²) in [6, 6.07) is 11.0. The van der Waals surface area contributed by atoms with Crippen LogP contribution in [0.2, 0.25) is 0 Å². The van der Waals surface area contributed by atoms with Crippen molar-refractivity contribution >= 4 is 23.6 Å². The Morgan fingerprint density at radius 3 is 2.52 bits per heavy atom. The maximum Gasteiger partial charge on any atom is 0.255 e. The summed E-state index contributed by atoms with van der Waals surface area (Å²) < 4.78 is 5.22. The molecule has 25 heavy (non-hydrogen) atoms. The zero-order valence-corrected chi connectivity index (χ0v) is 14.6. The smallest absolute Gasteiger partial charge is 0.255 e. The third-order valence-corrected chi connectivity index (χ3v) is 3.78. The Labute approximate surface area is 147 Å². The average Bonchev–Trinajstić information content (AvgIpc) is 2.55. The maximum absolute atomic E-state index is 12.1. The number of benzene rings is 2. The van der Waals surface area contributed by atoms with Crippen LogP contribution in [0.1, 0.15) is 22.3 Å². The number of amides is 2. The van der Waals surface area contributed by atoms with Gasteiger partial charge in [-0.2, -0.15) is 0 Å². The number of primary amides is 1. The second-order valence-corrected chi connectivity index (χ2v) is 5.90. The summed E-state index contributed by atoms with van der Waals surface area (Å²) in [6.07, 6.45) is 3.29. The fraction of sp³-hybridized carbons (Fsp3) is 0.200. The Morgan fingerprint density at radius 1 is 1.08 bits per heavy atom. The predicted octanol–water partition coefficient (Wildman–Crippen LogP) is 3.13. The van der Waals surface area contributed by atoms with Crippen LogP contribution in [0.5, 0.6) is 5.75 Å². The minimum atomic E-state index is -0.555. The largest absolute Gasteiger partial charge is 0.484 e. The van der Waals surface area contributed by atoms with Gasteiger partial charge in [-0.15, -0.1) is 0 Å². The SMILES string of the molecule is Cc1cc(C)c(/C=C/C(=O)Nc2cccc(OCC(N)=O)c2)cc1C. The highest BCUT2D eigenvalue weighted by molar-refractivity contribution is 6.02. The first kappa shape index (κ1) is 18.3. The van der Waals surface area contributed by atoms with E-state index in [1.807, 2.05) is 13.8 Å². The molecule has 0 atom stereocenters. The van der Waals surface area contributed by atoms with Gasteiger partial charge >= 0.3 is 0 Å². The molecule has 2 aromatic carbocycles. The fourth-order valence-corrected chi connectivity index (χ4v) is 2.33. The quantitative estimate of drug-likeness (QED) is 0.794. The molecule has 2 aromatic rings. The van der Waals surface area contributed by atoms with Gasteiger partial charge in [0.2, 0.25) is 5.91 Å². The van der Waals surface area contributed by atoms with Crippen LogP contribution in [-0.4, -0.2) is 18.4 Å². The molecule has 2 rings (SSSR count). The van der Waals surface area contributed by atoms with E-state index in [1.165, 1.54) is 17.2 Å². The number of anilines is 1. The van der Waals surface area contributed by atoms with Crippen LogP contribution in [0.4, 0.5) is 5.69 Å². The third kappa shape index (κ3) is 5.49. The number of nitrogens with one attached hydrogen (secondary N) is 1. The number of ether oxygens (including phenoxy) is 1. The highest BCUT2D eigenvalue weighted by atomic mass is 16.5. The lowest BCUT2D eigenvalue weighted by Crippen LogP contribution is -2.20. The van der Waals surface area contributed by atoms with Crippen molar-refractivity contribution < 1.29 is 14.3 Å². The molecule has 0 aliphatic rings. The zero-order chi connectivity index (χ0) is 18.4. The van der Waals surface area contributed by atoms with Crippen LogP contribution in [0, 0.1) is 20.8 Å². The predicted molar refractivity (Wildman–Crippen MR) is 99.4 cm³/mol. The van der Waals surface area contributed by atoms with Crippen molar-refractivity contribution in [1.82, 2.24) is 0 Å². The van der Waals surface area contributed by atoms with Gasteiger partial charge in [0.25, 0.3) is 5.91 Å². The van der Waals surface area contributed by atoms with Gasteiger partial charge in [-0.1, -0.05) is 18.2 Å². The van der Waals surface area contributed by atoms with Crippen molar-refractivity contribution in [2.45, 2.75) is 20.8 Å². The number of hydrogen-bond donors (Lipinski definition) is 2. The summed E-state index contributed by atoms with van der Waals surface area (Å²) >= 11 is 0. The van der Waals surface area contributed by atoms with Gasteiger partial charge in [0.15, 0.2) is 6.61 Å². The Hall–Kier alpha value is -3.08. The molecule has 2 amide bonds. The van der Waals surface area contributed by atoms with Crippen LogP contribution < -0.4 is 15.8 Å².